The first-order valence-corrected chi connectivity index (χ1v) is 11.3. The van der Waals surface area contributed by atoms with Gasteiger partial charge in [-0.3, -0.25) is 9.78 Å². The molecule has 0 radical (unpaired) electrons. The van der Waals surface area contributed by atoms with Crippen LogP contribution in [-0.2, 0) is 21.2 Å². The van der Waals surface area contributed by atoms with Gasteiger partial charge in [0.05, 0.1) is 31.3 Å². The maximum absolute atomic E-state index is 13.5. The van der Waals surface area contributed by atoms with Crippen LogP contribution in [-0.4, -0.2) is 40.1 Å². The molecular weight excluding hydrogens is 430 g/mol. The Morgan fingerprint density at radius 2 is 1.78 bits per heavy atom. The number of amides is 1. The normalized spacial score (nSPS) is 11.0. The van der Waals surface area contributed by atoms with Crippen molar-refractivity contribution in [1.82, 2.24) is 10.3 Å². The summed E-state index contributed by atoms with van der Waals surface area (Å²) in [6, 6.07) is 13.3. The molecule has 3 aromatic rings. The number of carbonyl (C=O) groups excluding carboxylic acids is 1. The molecule has 0 fully saturated rings. The van der Waals surface area contributed by atoms with Crippen molar-refractivity contribution < 1.29 is 22.7 Å². The Labute approximate surface area is 187 Å². The molecule has 9 heteroatoms. The summed E-state index contributed by atoms with van der Waals surface area (Å²) in [5.74, 6) is 0.0286. The number of methoxy groups -OCH3 is 2. The van der Waals surface area contributed by atoms with Crippen molar-refractivity contribution in [2.24, 2.45) is 0 Å². The van der Waals surface area contributed by atoms with Gasteiger partial charge in [-0.15, -0.1) is 0 Å². The molecule has 0 spiro atoms. The Kier molecular flexibility index (Phi) is 7.32. The van der Waals surface area contributed by atoms with E-state index in [1.807, 2.05) is 13.0 Å². The number of aromatic nitrogens is 1. The molecule has 168 valence electrons. The van der Waals surface area contributed by atoms with Crippen molar-refractivity contribution in [1.29, 1.82) is 0 Å². The lowest BCUT2D eigenvalue weighted by Gasteiger charge is -2.18. The van der Waals surface area contributed by atoms with Gasteiger partial charge in [0.15, 0.2) is 11.5 Å². The average Bonchev–Trinajstić information content (AvgIpc) is 2.81. The largest absolute Gasteiger partial charge is 0.493 e. The number of aryl methyl sites for hydroxylation is 1. The van der Waals surface area contributed by atoms with E-state index in [1.54, 1.807) is 42.7 Å². The molecule has 1 aromatic heterocycles. The van der Waals surface area contributed by atoms with Crippen LogP contribution in [0.1, 0.15) is 11.1 Å². The molecule has 1 heterocycles. The molecule has 0 saturated carbocycles. The number of anilines is 1. The number of nitrogens with one attached hydrogen (secondary N) is 2. The Morgan fingerprint density at radius 1 is 1.03 bits per heavy atom. The van der Waals surface area contributed by atoms with Crippen molar-refractivity contribution in [2.75, 3.05) is 26.1 Å². The molecule has 0 unspecified atom stereocenters. The van der Waals surface area contributed by atoms with E-state index in [9.17, 15) is 13.2 Å². The number of sulfone groups is 1. The number of hydrogen-bond acceptors (Lipinski definition) is 7. The molecule has 3 rings (SSSR count). The van der Waals surface area contributed by atoms with E-state index in [1.165, 1.54) is 26.4 Å². The maximum Gasteiger partial charge on any atom is 0.239 e. The van der Waals surface area contributed by atoms with Crippen LogP contribution >= 0.6 is 0 Å². The number of hydrogen-bond donors (Lipinski definition) is 2. The van der Waals surface area contributed by atoms with Gasteiger partial charge in [0, 0.05) is 18.9 Å². The van der Waals surface area contributed by atoms with Crippen LogP contribution in [0.3, 0.4) is 0 Å². The first kappa shape index (κ1) is 23.1. The van der Waals surface area contributed by atoms with Crippen molar-refractivity contribution in [3.63, 3.8) is 0 Å². The molecule has 0 aliphatic rings. The minimum absolute atomic E-state index is 0.0637. The van der Waals surface area contributed by atoms with Crippen molar-refractivity contribution in [3.05, 3.63) is 72.1 Å². The predicted octanol–water partition coefficient (Wildman–Crippen LogP) is 2.97. The zero-order chi connectivity index (χ0) is 23.1. The molecule has 2 N–H and O–H groups in total. The van der Waals surface area contributed by atoms with E-state index in [0.29, 0.717) is 6.54 Å². The van der Waals surface area contributed by atoms with Crippen molar-refractivity contribution >= 4 is 21.4 Å². The summed E-state index contributed by atoms with van der Waals surface area (Å²) in [7, 11) is -1.17. The highest BCUT2D eigenvalue weighted by Crippen LogP contribution is 2.42. The highest BCUT2D eigenvalue weighted by Gasteiger charge is 2.29. The molecule has 8 nitrogen and oxygen atoms in total. The minimum atomic E-state index is -3.97. The Hall–Kier alpha value is -3.59. The average molecular weight is 456 g/mol. The summed E-state index contributed by atoms with van der Waals surface area (Å²) >= 11 is 0. The van der Waals surface area contributed by atoms with E-state index in [2.05, 4.69) is 15.6 Å². The topological polar surface area (TPSA) is 107 Å². The quantitative estimate of drug-likeness (QED) is 0.511. The van der Waals surface area contributed by atoms with Gasteiger partial charge in [-0.05, 0) is 42.8 Å². The van der Waals surface area contributed by atoms with Crippen LogP contribution in [0.5, 0.6) is 11.5 Å². The summed E-state index contributed by atoms with van der Waals surface area (Å²) in [6.07, 6.45) is 3.31. The van der Waals surface area contributed by atoms with Crippen LogP contribution < -0.4 is 20.1 Å². The second-order valence-corrected chi connectivity index (χ2v) is 8.87. The van der Waals surface area contributed by atoms with Crippen LogP contribution in [0.4, 0.5) is 5.69 Å². The van der Waals surface area contributed by atoms with Gasteiger partial charge >= 0.3 is 0 Å². The first-order valence-electron chi connectivity index (χ1n) is 9.83. The summed E-state index contributed by atoms with van der Waals surface area (Å²) in [5.41, 5.74) is 2.03. The number of ether oxygens (including phenoxy) is 2. The lowest BCUT2D eigenvalue weighted by molar-refractivity contribution is -0.119. The van der Waals surface area contributed by atoms with E-state index in [0.717, 1.165) is 11.1 Å². The first-order chi connectivity index (χ1) is 15.4. The number of nitrogens with zero attached hydrogens (tertiary/aromatic N) is 1. The zero-order valence-corrected chi connectivity index (χ0v) is 18.9. The van der Waals surface area contributed by atoms with Crippen LogP contribution in [0.15, 0.2) is 70.7 Å². The van der Waals surface area contributed by atoms with E-state index < -0.39 is 9.84 Å². The third-order valence-electron chi connectivity index (χ3n) is 4.75. The van der Waals surface area contributed by atoms with Gasteiger partial charge in [0.2, 0.25) is 15.7 Å². The maximum atomic E-state index is 13.5. The minimum Gasteiger partial charge on any atom is -0.493 e. The van der Waals surface area contributed by atoms with E-state index in [-0.39, 0.29) is 39.4 Å². The molecule has 0 aliphatic carbocycles. The molecule has 0 saturated heterocycles. The van der Waals surface area contributed by atoms with Crippen molar-refractivity contribution in [2.45, 2.75) is 23.3 Å². The van der Waals surface area contributed by atoms with E-state index >= 15 is 0 Å². The zero-order valence-electron chi connectivity index (χ0n) is 18.1. The van der Waals surface area contributed by atoms with Gasteiger partial charge in [-0.1, -0.05) is 23.8 Å². The fourth-order valence-electron chi connectivity index (χ4n) is 3.08. The highest BCUT2D eigenvalue weighted by molar-refractivity contribution is 7.91. The van der Waals surface area contributed by atoms with Crippen LogP contribution in [0.25, 0.3) is 0 Å². The second kappa shape index (κ2) is 10.1. The van der Waals surface area contributed by atoms with Crippen molar-refractivity contribution in [3.8, 4) is 11.5 Å². The molecule has 0 aliphatic heterocycles. The molecule has 32 heavy (non-hydrogen) atoms. The summed E-state index contributed by atoms with van der Waals surface area (Å²) in [5, 5.41) is 5.69. The van der Waals surface area contributed by atoms with Gasteiger partial charge in [0.25, 0.3) is 0 Å². The second-order valence-electron chi connectivity index (χ2n) is 6.99. The molecular formula is C23H25N3O5S. The lowest BCUT2D eigenvalue weighted by Crippen LogP contribution is -2.29. The van der Waals surface area contributed by atoms with Crippen LogP contribution in [0, 0.1) is 6.92 Å². The Morgan fingerprint density at radius 3 is 2.41 bits per heavy atom. The van der Waals surface area contributed by atoms with Gasteiger partial charge in [-0.2, -0.15) is 0 Å². The number of benzene rings is 2. The standard InChI is InChI=1S/C23H25N3O5S/c1-16-6-8-18(9-7-16)32(28,29)23-19(10-11-20(30-2)22(23)31-3)25-15-21(27)26-14-17-5-4-12-24-13-17/h4-13,25H,14-15H2,1-3H3,(H,26,27). The van der Waals surface area contributed by atoms with Gasteiger partial charge < -0.3 is 20.1 Å². The SMILES string of the molecule is COc1ccc(NCC(=O)NCc2cccnc2)c(S(=O)(=O)c2ccc(C)cc2)c1OC. The molecule has 0 atom stereocenters. The fraction of sp³-hybridized carbons (Fsp3) is 0.217. The Bertz CT molecular complexity index is 1180. The summed E-state index contributed by atoms with van der Waals surface area (Å²) < 4.78 is 37.7. The van der Waals surface area contributed by atoms with E-state index in [4.69, 9.17) is 9.47 Å². The molecule has 0 bridgehead atoms. The number of pyridine rings is 1. The van der Waals surface area contributed by atoms with Gasteiger partial charge in [0.1, 0.15) is 4.90 Å². The Balaban J connectivity index is 1.89. The summed E-state index contributed by atoms with van der Waals surface area (Å²) in [6.45, 7) is 2.06. The lowest BCUT2D eigenvalue weighted by atomic mass is 10.2. The smallest absolute Gasteiger partial charge is 0.239 e. The third-order valence-corrected chi connectivity index (χ3v) is 6.59. The highest BCUT2D eigenvalue weighted by atomic mass is 32.2. The molecule has 1 amide bonds. The number of rotatable bonds is 9. The number of carbonyl (C=O) groups is 1. The third kappa shape index (κ3) is 5.17. The van der Waals surface area contributed by atoms with Gasteiger partial charge in [-0.25, -0.2) is 8.42 Å². The van der Waals surface area contributed by atoms with Crippen LogP contribution in [0.2, 0.25) is 0 Å². The summed E-state index contributed by atoms with van der Waals surface area (Å²) in [4.78, 5) is 16.4. The molecule has 2 aromatic carbocycles. The monoisotopic (exact) mass is 455 g/mol. The fourth-order valence-corrected chi connectivity index (χ4v) is 4.67. The predicted molar refractivity (Wildman–Crippen MR) is 121 cm³/mol.